The molecule has 114 valence electrons. The van der Waals surface area contributed by atoms with Gasteiger partial charge in [0.1, 0.15) is 5.82 Å². The van der Waals surface area contributed by atoms with Crippen molar-refractivity contribution in [3.8, 4) is 22.9 Å². The van der Waals surface area contributed by atoms with Crippen molar-refractivity contribution in [1.82, 2.24) is 9.97 Å². The molecule has 0 fully saturated rings. The number of hydrogen-bond acceptors (Lipinski definition) is 3. The Morgan fingerprint density at radius 2 is 1.73 bits per heavy atom. The third-order valence-electron chi connectivity index (χ3n) is 3.80. The molecular weight excluding hydrogens is 344 g/mol. The number of aromatic nitrogens is 2. The fourth-order valence-electron chi connectivity index (χ4n) is 2.50. The Balaban J connectivity index is 2.24. The van der Waals surface area contributed by atoms with E-state index in [2.05, 4.69) is 46.9 Å². The van der Waals surface area contributed by atoms with Crippen LogP contribution in [0.1, 0.15) is 11.1 Å². The van der Waals surface area contributed by atoms with Crippen LogP contribution >= 0.6 is 15.9 Å². The lowest BCUT2D eigenvalue weighted by atomic mass is 10.1. The number of fused-ring (bicyclic) bond motifs is 1. The van der Waals surface area contributed by atoms with Crippen molar-refractivity contribution < 1.29 is 9.47 Å². The first-order valence-corrected chi connectivity index (χ1v) is 7.71. The van der Waals surface area contributed by atoms with E-state index in [1.807, 2.05) is 12.1 Å². The van der Waals surface area contributed by atoms with Gasteiger partial charge in [-0.2, -0.15) is 0 Å². The number of nitrogens with one attached hydrogen (secondary N) is 1. The number of imidazole rings is 1. The molecule has 0 saturated carbocycles. The predicted molar refractivity (Wildman–Crippen MR) is 91.8 cm³/mol. The largest absolute Gasteiger partial charge is 0.493 e. The number of H-pyrrole nitrogens is 1. The van der Waals surface area contributed by atoms with Gasteiger partial charge in [-0.3, -0.25) is 0 Å². The van der Waals surface area contributed by atoms with E-state index in [-0.39, 0.29) is 0 Å². The summed E-state index contributed by atoms with van der Waals surface area (Å²) in [7, 11) is 3.26. The second-order valence-corrected chi connectivity index (χ2v) is 6.14. The molecule has 22 heavy (non-hydrogen) atoms. The summed E-state index contributed by atoms with van der Waals surface area (Å²) in [6.45, 7) is 4.18. The Morgan fingerprint density at radius 3 is 2.41 bits per heavy atom. The van der Waals surface area contributed by atoms with Crippen LogP contribution in [0.4, 0.5) is 0 Å². The average molecular weight is 361 g/mol. The first-order valence-electron chi connectivity index (χ1n) is 6.92. The van der Waals surface area contributed by atoms with Crippen LogP contribution in [0.25, 0.3) is 22.4 Å². The van der Waals surface area contributed by atoms with E-state index in [9.17, 15) is 0 Å². The van der Waals surface area contributed by atoms with Gasteiger partial charge in [0.05, 0.1) is 30.8 Å². The van der Waals surface area contributed by atoms with Gasteiger partial charge in [0.2, 0.25) is 0 Å². The maximum atomic E-state index is 5.51. The number of ether oxygens (including phenoxy) is 2. The van der Waals surface area contributed by atoms with E-state index in [4.69, 9.17) is 14.5 Å². The summed E-state index contributed by atoms with van der Waals surface area (Å²) in [6, 6.07) is 8.05. The number of methoxy groups -OCH3 is 2. The molecular formula is C17H17BrN2O2. The molecule has 2 aromatic carbocycles. The van der Waals surface area contributed by atoms with Crippen LogP contribution in [-0.2, 0) is 0 Å². The monoisotopic (exact) mass is 360 g/mol. The number of rotatable bonds is 3. The van der Waals surface area contributed by atoms with Crippen LogP contribution in [0.5, 0.6) is 11.5 Å². The summed E-state index contributed by atoms with van der Waals surface area (Å²) in [4.78, 5) is 8.06. The zero-order chi connectivity index (χ0) is 15.9. The third-order valence-corrected chi connectivity index (χ3v) is 4.25. The predicted octanol–water partition coefficient (Wildman–Crippen LogP) is 4.63. The molecule has 3 aromatic rings. The Hall–Kier alpha value is -2.01. The quantitative estimate of drug-likeness (QED) is 0.740. The number of hydrogen-bond donors (Lipinski definition) is 1. The average Bonchev–Trinajstić information content (AvgIpc) is 2.89. The molecule has 0 unspecified atom stereocenters. The number of halogens is 1. The number of aryl methyl sites for hydroxylation is 2. The van der Waals surface area contributed by atoms with Gasteiger partial charge < -0.3 is 14.5 Å². The summed E-state index contributed by atoms with van der Waals surface area (Å²) >= 11 is 3.50. The SMILES string of the molecule is COc1cc(Br)cc(-c2nc3cc(C)c(C)cc3[nH]2)c1OC. The maximum Gasteiger partial charge on any atom is 0.171 e. The van der Waals surface area contributed by atoms with Gasteiger partial charge in [0.15, 0.2) is 11.5 Å². The minimum absolute atomic E-state index is 0.665. The normalized spacial score (nSPS) is 11.0. The number of aromatic amines is 1. The Bertz CT molecular complexity index is 816. The van der Waals surface area contributed by atoms with Crippen LogP contribution < -0.4 is 9.47 Å². The van der Waals surface area contributed by atoms with E-state index >= 15 is 0 Å². The second-order valence-electron chi connectivity index (χ2n) is 5.23. The molecule has 0 aliphatic carbocycles. The molecule has 0 radical (unpaired) electrons. The highest BCUT2D eigenvalue weighted by molar-refractivity contribution is 9.10. The van der Waals surface area contributed by atoms with E-state index in [1.54, 1.807) is 14.2 Å². The van der Waals surface area contributed by atoms with Gasteiger partial charge in [-0.25, -0.2) is 4.98 Å². The molecule has 0 bridgehead atoms. The highest BCUT2D eigenvalue weighted by Gasteiger charge is 2.16. The summed E-state index contributed by atoms with van der Waals surface area (Å²) < 4.78 is 11.8. The first kappa shape index (κ1) is 14.9. The van der Waals surface area contributed by atoms with E-state index < -0.39 is 0 Å². The Morgan fingerprint density at radius 1 is 1.00 bits per heavy atom. The minimum Gasteiger partial charge on any atom is -0.493 e. The lowest BCUT2D eigenvalue weighted by molar-refractivity contribution is 0.356. The van der Waals surface area contributed by atoms with Gasteiger partial charge in [-0.05, 0) is 49.2 Å². The molecule has 0 amide bonds. The van der Waals surface area contributed by atoms with Crippen LogP contribution in [-0.4, -0.2) is 24.2 Å². The van der Waals surface area contributed by atoms with E-state index in [1.165, 1.54) is 11.1 Å². The zero-order valence-corrected chi connectivity index (χ0v) is 14.5. The molecule has 1 heterocycles. The third kappa shape index (κ3) is 2.46. The van der Waals surface area contributed by atoms with Crippen molar-refractivity contribution in [2.75, 3.05) is 14.2 Å². The summed E-state index contributed by atoms with van der Waals surface area (Å²) in [5.74, 6) is 2.09. The Kier molecular flexibility index (Phi) is 3.83. The van der Waals surface area contributed by atoms with Crippen molar-refractivity contribution in [2.24, 2.45) is 0 Å². The van der Waals surface area contributed by atoms with Crippen LogP contribution in [0, 0.1) is 13.8 Å². The molecule has 0 atom stereocenters. The lowest BCUT2D eigenvalue weighted by Crippen LogP contribution is -1.94. The van der Waals surface area contributed by atoms with Crippen LogP contribution in [0.3, 0.4) is 0 Å². The van der Waals surface area contributed by atoms with Crippen molar-refractivity contribution in [3.63, 3.8) is 0 Å². The number of nitrogens with zero attached hydrogens (tertiary/aromatic N) is 1. The van der Waals surface area contributed by atoms with E-state index in [0.717, 1.165) is 26.9 Å². The molecule has 4 nitrogen and oxygen atoms in total. The molecule has 5 heteroatoms. The lowest BCUT2D eigenvalue weighted by Gasteiger charge is -2.11. The minimum atomic E-state index is 0.665. The highest BCUT2D eigenvalue weighted by atomic mass is 79.9. The van der Waals surface area contributed by atoms with Gasteiger partial charge >= 0.3 is 0 Å². The number of benzene rings is 2. The molecule has 0 spiro atoms. The van der Waals surface area contributed by atoms with Crippen LogP contribution in [0.15, 0.2) is 28.7 Å². The first-order chi connectivity index (χ1) is 10.5. The van der Waals surface area contributed by atoms with Gasteiger partial charge in [-0.1, -0.05) is 15.9 Å². The van der Waals surface area contributed by atoms with Gasteiger partial charge in [0, 0.05) is 4.47 Å². The summed E-state index contributed by atoms with van der Waals surface area (Å²) in [5.41, 5.74) is 5.28. The van der Waals surface area contributed by atoms with Crippen molar-refractivity contribution >= 4 is 27.0 Å². The van der Waals surface area contributed by atoms with Crippen LogP contribution in [0.2, 0.25) is 0 Å². The van der Waals surface area contributed by atoms with E-state index in [0.29, 0.717) is 11.5 Å². The van der Waals surface area contributed by atoms with Crippen molar-refractivity contribution in [3.05, 3.63) is 39.9 Å². The topological polar surface area (TPSA) is 47.1 Å². The van der Waals surface area contributed by atoms with Gasteiger partial charge in [-0.15, -0.1) is 0 Å². The second kappa shape index (κ2) is 5.65. The molecule has 0 aliphatic rings. The molecule has 1 aromatic heterocycles. The van der Waals surface area contributed by atoms with Crippen molar-refractivity contribution in [1.29, 1.82) is 0 Å². The zero-order valence-electron chi connectivity index (χ0n) is 13.0. The fraction of sp³-hybridized carbons (Fsp3) is 0.235. The Labute approximate surface area is 137 Å². The fourth-order valence-corrected chi connectivity index (χ4v) is 2.94. The maximum absolute atomic E-state index is 5.51. The summed E-state index contributed by atoms with van der Waals surface area (Å²) in [6.07, 6.45) is 0. The molecule has 3 rings (SSSR count). The standard InChI is InChI=1S/C17H17BrN2O2/c1-9-5-13-14(6-10(9)2)20-17(19-13)12-7-11(18)8-15(21-3)16(12)22-4/h5-8H,1-4H3,(H,19,20). The molecule has 0 saturated heterocycles. The van der Waals surface area contributed by atoms with Gasteiger partial charge in [0.25, 0.3) is 0 Å². The summed E-state index contributed by atoms with van der Waals surface area (Å²) in [5, 5.41) is 0. The molecule has 0 aliphatic heterocycles. The molecule has 1 N–H and O–H groups in total. The highest BCUT2D eigenvalue weighted by Crippen LogP contribution is 2.40. The van der Waals surface area contributed by atoms with Crippen molar-refractivity contribution in [2.45, 2.75) is 13.8 Å². The smallest absolute Gasteiger partial charge is 0.171 e.